The van der Waals surface area contributed by atoms with Crippen molar-refractivity contribution in [2.24, 2.45) is 17.6 Å². The van der Waals surface area contributed by atoms with Gasteiger partial charge in [0, 0.05) is 13.0 Å². The second kappa shape index (κ2) is 8.63. The summed E-state index contributed by atoms with van der Waals surface area (Å²) in [5.41, 5.74) is 5.67. The van der Waals surface area contributed by atoms with E-state index >= 15 is 0 Å². The highest BCUT2D eigenvalue weighted by atomic mass is 16.5. The van der Waals surface area contributed by atoms with E-state index in [-0.39, 0.29) is 18.1 Å². The van der Waals surface area contributed by atoms with Gasteiger partial charge in [-0.05, 0) is 44.6 Å². The van der Waals surface area contributed by atoms with Crippen LogP contribution >= 0.6 is 0 Å². The smallest absolute Gasteiger partial charge is 0.222 e. The van der Waals surface area contributed by atoms with Crippen molar-refractivity contribution in [2.45, 2.75) is 65.5 Å². The van der Waals surface area contributed by atoms with Crippen molar-refractivity contribution in [3.8, 4) is 0 Å². The number of nitrogens with two attached hydrogens (primary N) is 1. The molecule has 2 N–H and O–H groups in total. The Morgan fingerprint density at radius 1 is 1.40 bits per heavy atom. The van der Waals surface area contributed by atoms with Crippen LogP contribution in [0.15, 0.2) is 0 Å². The van der Waals surface area contributed by atoms with Crippen LogP contribution in [-0.2, 0) is 9.53 Å². The van der Waals surface area contributed by atoms with Gasteiger partial charge < -0.3 is 15.4 Å². The number of carbonyl (C=O) groups is 1. The van der Waals surface area contributed by atoms with E-state index in [4.69, 9.17) is 10.5 Å². The molecule has 1 aliphatic rings. The van der Waals surface area contributed by atoms with Gasteiger partial charge in [-0.1, -0.05) is 20.8 Å². The molecule has 0 aliphatic carbocycles. The highest BCUT2D eigenvalue weighted by molar-refractivity contribution is 5.76. The molecule has 1 aliphatic heterocycles. The Kier molecular flexibility index (Phi) is 7.52. The molecule has 0 aromatic rings. The van der Waals surface area contributed by atoms with Gasteiger partial charge in [0.2, 0.25) is 5.91 Å². The Bertz CT molecular complexity index is 294. The van der Waals surface area contributed by atoms with E-state index in [0.29, 0.717) is 31.4 Å². The van der Waals surface area contributed by atoms with Crippen molar-refractivity contribution >= 4 is 5.91 Å². The molecule has 3 unspecified atom stereocenters. The van der Waals surface area contributed by atoms with Crippen LogP contribution < -0.4 is 5.73 Å². The first-order chi connectivity index (χ1) is 9.49. The molecule has 1 saturated heterocycles. The zero-order chi connectivity index (χ0) is 15.1. The van der Waals surface area contributed by atoms with Gasteiger partial charge in [0.05, 0.1) is 18.8 Å². The van der Waals surface area contributed by atoms with Crippen LogP contribution in [0.1, 0.15) is 53.4 Å². The summed E-state index contributed by atoms with van der Waals surface area (Å²) in [5, 5.41) is 0. The monoisotopic (exact) mass is 284 g/mol. The highest BCUT2D eigenvalue weighted by Crippen LogP contribution is 2.22. The van der Waals surface area contributed by atoms with E-state index in [9.17, 15) is 4.79 Å². The summed E-state index contributed by atoms with van der Waals surface area (Å²) in [6.45, 7) is 10.7. The van der Waals surface area contributed by atoms with E-state index < -0.39 is 0 Å². The number of carbonyl (C=O) groups excluding carboxylic acids is 1. The molecule has 4 nitrogen and oxygen atoms in total. The van der Waals surface area contributed by atoms with Crippen molar-refractivity contribution < 1.29 is 9.53 Å². The van der Waals surface area contributed by atoms with E-state index in [0.717, 1.165) is 25.8 Å². The van der Waals surface area contributed by atoms with E-state index in [1.807, 2.05) is 11.8 Å². The molecule has 1 heterocycles. The normalized spacial score (nSPS) is 25.0. The fourth-order valence-electron chi connectivity index (χ4n) is 2.97. The van der Waals surface area contributed by atoms with E-state index in [2.05, 4.69) is 20.8 Å². The molecule has 1 amide bonds. The summed E-state index contributed by atoms with van der Waals surface area (Å²) in [7, 11) is 0. The molecular formula is C16H32N2O2. The van der Waals surface area contributed by atoms with Crippen molar-refractivity contribution in [3.05, 3.63) is 0 Å². The van der Waals surface area contributed by atoms with Crippen LogP contribution in [0.5, 0.6) is 0 Å². The van der Waals surface area contributed by atoms with Gasteiger partial charge in [-0.15, -0.1) is 0 Å². The van der Waals surface area contributed by atoms with E-state index in [1.165, 1.54) is 0 Å². The van der Waals surface area contributed by atoms with Gasteiger partial charge in [0.25, 0.3) is 0 Å². The van der Waals surface area contributed by atoms with Crippen LogP contribution in [0.3, 0.4) is 0 Å². The molecule has 0 bridgehead atoms. The molecule has 4 heteroatoms. The van der Waals surface area contributed by atoms with Gasteiger partial charge in [0.15, 0.2) is 0 Å². The average molecular weight is 284 g/mol. The maximum atomic E-state index is 12.5. The maximum absolute atomic E-state index is 12.5. The van der Waals surface area contributed by atoms with Crippen molar-refractivity contribution in [1.82, 2.24) is 4.90 Å². The Hall–Kier alpha value is -0.610. The van der Waals surface area contributed by atoms with Crippen LogP contribution in [0.2, 0.25) is 0 Å². The van der Waals surface area contributed by atoms with Crippen molar-refractivity contribution in [2.75, 3.05) is 19.7 Å². The first kappa shape index (κ1) is 17.4. The minimum Gasteiger partial charge on any atom is -0.375 e. The summed E-state index contributed by atoms with van der Waals surface area (Å²) < 4.78 is 5.65. The lowest BCUT2D eigenvalue weighted by atomic mass is 9.88. The molecule has 3 atom stereocenters. The van der Waals surface area contributed by atoms with Crippen LogP contribution in [-0.4, -0.2) is 42.6 Å². The first-order valence-electron chi connectivity index (χ1n) is 8.10. The molecule has 0 radical (unpaired) electrons. The van der Waals surface area contributed by atoms with Crippen LogP contribution in [0.4, 0.5) is 0 Å². The zero-order valence-electron chi connectivity index (χ0n) is 13.6. The highest BCUT2D eigenvalue weighted by Gasteiger charge is 2.29. The average Bonchev–Trinajstić information content (AvgIpc) is 2.42. The summed E-state index contributed by atoms with van der Waals surface area (Å²) in [6, 6.07) is 0.255. The second-order valence-corrected chi connectivity index (χ2v) is 6.37. The van der Waals surface area contributed by atoms with Gasteiger partial charge in [-0.25, -0.2) is 0 Å². The molecule has 118 valence electrons. The lowest BCUT2D eigenvalue weighted by molar-refractivity contribution is -0.144. The zero-order valence-corrected chi connectivity index (χ0v) is 13.6. The number of ether oxygens (including phenoxy) is 1. The predicted octanol–water partition coefficient (Wildman–Crippen LogP) is 2.41. The SMILES string of the molecule is CCC1COC(C)CN1C(=O)CCC(CCN)C(C)C. The van der Waals surface area contributed by atoms with Crippen molar-refractivity contribution in [1.29, 1.82) is 0 Å². The molecule has 0 saturated carbocycles. The largest absolute Gasteiger partial charge is 0.375 e. The topological polar surface area (TPSA) is 55.6 Å². The van der Waals surface area contributed by atoms with Gasteiger partial charge >= 0.3 is 0 Å². The number of hydrogen-bond acceptors (Lipinski definition) is 3. The van der Waals surface area contributed by atoms with Crippen molar-refractivity contribution in [3.63, 3.8) is 0 Å². The number of hydrogen-bond donors (Lipinski definition) is 1. The third kappa shape index (κ3) is 5.06. The number of nitrogens with zero attached hydrogens (tertiary/aromatic N) is 1. The molecule has 0 aromatic carbocycles. The summed E-state index contributed by atoms with van der Waals surface area (Å²) in [5.74, 6) is 1.44. The minimum atomic E-state index is 0.159. The standard InChI is InChI=1S/C16H32N2O2/c1-5-15-11-20-13(4)10-18(15)16(19)7-6-14(8-9-17)12(2)3/h12-15H,5-11,17H2,1-4H3. The predicted molar refractivity (Wildman–Crippen MR) is 82.4 cm³/mol. The number of morpholine rings is 1. The Labute approximate surface area is 124 Å². The molecule has 0 spiro atoms. The maximum Gasteiger partial charge on any atom is 0.222 e. The summed E-state index contributed by atoms with van der Waals surface area (Å²) in [6.07, 6.45) is 3.74. The molecular weight excluding hydrogens is 252 g/mol. The molecule has 20 heavy (non-hydrogen) atoms. The number of amides is 1. The number of rotatable bonds is 7. The van der Waals surface area contributed by atoms with E-state index in [1.54, 1.807) is 0 Å². The second-order valence-electron chi connectivity index (χ2n) is 6.37. The third-order valence-electron chi connectivity index (χ3n) is 4.47. The molecule has 1 rings (SSSR count). The van der Waals surface area contributed by atoms with Gasteiger partial charge in [-0.3, -0.25) is 4.79 Å². The van der Waals surface area contributed by atoms with Gasteiger partial charge in [0.1, 0.15) is 0 Å². The summed E-state index contributed by atoms with van der Waals surface area (Å²) in [4.78, 5) is 14.5. The molecule has 0 aromatic heterocycles. The first-order valence-corrected chi connectivity index (χ1v) is 8.10. The Morgan fingerprint density at radius 2 is 2.10 bits per heavy atom. The lowest BCUT2D eigenvalue weighted by Crippen LogP contribution is -2.51. The quantitative estimate of drug-likeness (QED) is 0.781. The summed E-state index contributed by atoms with van der Waals surface area (Å²) >= 11 is 0. The Morgan fingerprint density at radius 3 is 2.65 bits per heavy atom. The Balaban J connectivity index is 2.51. The molecule has 1 fully saturated rings. The fourth-order valence-corrected chi connectivity index (χ4v) is 2.97. The minimum absolute atomic E-state index is 0.159. The fraction of sp³-hybridized carbons (Fsp3) is 0.938. The third-order valence-corrected chi connectivity index (χ3v) is 4.47. The van der Waals surface area contributed by atoms with Crippen LogP contribution in [0, 0.1) is 11.8 Å². The lowest BCUT2D eigenvalue weighted by Gasteiger charge is -2.38. The van der Waals surface area contributed by atoms with Gasteiger partial charge in [-0.2, -0.15) is 0 Å². The van der Waals surface area contributed by atoms with Crippen LogP contribution in [0.25, 0.3) is 0 Å².